The highest BCUT2D eigenvalue weighted by molar-refractivity contribution is 5.86. The maximum Gasteiger partial charge on any atom is 0.194 e. The molecule has 0 aliphatic rings. The minimum Gasteiger partial charge on any atom is -0.205 e. The third-order valence-electron chi connectivity index (χ3n) is 5.90. The van der Waals surface area contributed by atoms with Crippen molar-refractivity contribution < 1.29 is 17.6 Å². The van der Waals surface area contributed by atoms with E-state index in [1.54, 1.807) is 24.3 Å². The van der Waals surface area contributed by atoms with Crippen LogP contribution in [0.1, 0.15) is 60.4 Å². The molecule has 4 aromatic carbocycles. The summed E-state index contributed by atoms with van der Waals surface area (Å²) in [5.74, 6) is 6.54. The molecule has 0 atom stereocenters. The van der Waals surface area contributed by atoms with Crippen LogP contribution in [0.5, 0.6) is 0 Å². The van der Waals surface area contributed by atoms with Crippen LogP contribution in [0.4, 0.5) is 17.6 Å². The molecule has 0 radical (unpaired) electrons. The number of unbranched alkanes of at least 4 members (excludes halogenated alkanes) is 3. The lowest BCUT2D eigenvalue weighted by molar-refractivity contribution is 0.446. The number of hydrogen-bond acceptors (Lipinski definition) is 0. The number of fused-ring (bicyclic) bond motifs is 1. The Bertz CT molecular complexity index is 1490. The monoisotopic (exact) mass is 484 g/mol. The Labute approximate surface area is 209 Å². The molecule has 0 aromatic heterocycles. The van der Waals surface area contributed by atoms with E-state index in [1.165, 1.54) is 37.3 Å². The van der Waals surface area contributed by atoms with Crippen molar-refractivity contribution in [3.8, 4) is 23.7 Å². The largest absolute Gasteiger partial charge is 0.205 e. The smallest absolute Gasteiger partial charge is 0.194 e. The summed E-state index contributed by atoms with van der Waals surface area (Å²) in [5.41, 5.74) is 2.97. The van der Waals surface area contributed by atoms with Gasteiger partial charge in [-0.1, -0.05) is 74.1 Å². The van der Waals surface area contributed by atoms with Crippen LogP contribution in [-0.2, 0) is 6.42 Å². The SMILES string of the molecule is CCCCCCc1ccc(C#Cc2ccc3c(F)c(C#Cc4cc(F)c(F)c(F)c4)ccc3c2)cc1. The molecule has 0 fully saturated rings. The first-order chi connectivity index (χ1) is 17.4. The molecule has 0 aliphatic heterocycles. The second kappa shape index (κ2) is 11.6. The predicted molar refractivity (Wildman–Crippen MR) is 136 cm³/mol. The molecule has 4 aromatic rings. The van der Waals surface area contributed by atoms with Crippen LogP contribution < -0.4 is 0 Å². The fourth-order valence-electron chi connectivity index (χ4n) is 3.89. The lowest BCUT2D eigenvalue weighted by Crippen LogP contribution is -1.92. The van der Waals surface area contributed by atoms with Gasteiger partial charge in [-0.15, -0.1) is 0 Å². The van der Waals surface area contributed by atoms with Crippen molar-refractivity contribution in [3.63, 3.8) is 0 Å². The van der Waals surface area contributed by atoms with Gasteiger partial charge in [0.1, 0.15) is 5.82 Å². The molecule has 180 valence electrons. The van der Waals surface area contributed by atoms with E-state index < -0.39 is 23.3 Å². The summed E-state index contributed by atoms with van der Waals surface area (Å²) in [7, 11) is 0. The zero-order valence-corrected chi connectivity index (χ0v) is 19.9. The third kappa shape index (κ3) is 6.15. The van der Waals surface area contributed by atoms with Gasteiger partial charge in [0.05, 0.1) is 5.56 Å². The molecule has 0 nitrogen and oxygen atoms in total. The van der Waals surface area contributed by atoms with Gasteiger partial charge in [0.15, 0.2) is 17.5 Å². The van der Waals surface area contributed by atoms with E-state index in [2.05, 4.69) is 42.7 Å². The number of aryl methyl sites for hydroxylation is 1. The van der Waals surface area contributed by atoms with Crippen molar-refractivity contribution in [1.29, 1.82) is 0 Å². The van der Waals surface area contributed by atoms with Gasteiger partial charge in [0.25, 0.3) is 0 Å². The Balaban J connectivity index is 1.50. The van der Waals surface area contributed by atoms with Crippen LogP contribution >= 0.6 is 0 Å². The van der Waals surface area contributed by atoms with Gasteiger partial charge in [-0.25, -0.2) is 17.6 Å². The highest BCUT2D eigenvalue weighted by Gasteiger charge is 2.10. The molecule has 0 amide bonds. The van der Waals surface area contributed by atoms with Crippen LogP contribution in [0.15, 0.2) is 66.7 Å². The second-order valence-electron chi connectivity index (χ2n) is 8.62. The fourth-order valence-corrected chi connectivity index (χ4v) is 3.89. The zero-order valence-electron chi connectivity index (χ0n) is 19.9. The highest BCUT2D eigenvalue weighted by atomic mass is 19.2. The summed E-state index contributed by atoms with van der Waals surface area (Å²) in [5, 5.41) is 1.02. The van der Waals surface area contributed by atoms with Crippen LogP contribution in [-0.4, -0.2) is 0 Å². The molecule has 4 heteroatoms. The third-order valence-corrected chi connectivity index (χ3v) is 5.90. The minimum atomic E-state index is -1.56. The first-order valence-electron chi connectivity index (χ1n) is 11.9. The van der Waals surface area contributed by atoms with Crippen LogP contribution in [0, 0.1) is 47.0 Å². The van der Waals surface area contributed by atoms with Gasteiger partial charge in [0, 0.05) is 22.1 Å². The Hall–Kier alpha value is -4.02. The standard InChI is InChI=1S/C32H24F4/c1-2-3-4-5-6-22-7-9-23(10-8-22)11-12-24-14-18-28-27(19-24)17-16-26(31(28)35)15-13-25-20-29(33)32(36)30(34)21-25/h7-10,14,16-21H,2-6H2,1H3. The fraction of sp³-hybridized carbons (Fsp3) is 0.188. The van der Waals surface area contributed by atoms with E-state index in [-0.39, 0.29) is 11.1 Å². The molecule has 36 heavy (non-hydrogen) atoms. The highest BCUT2D eigenvalue weighted by Crippen LogP contribution is 2.22. The Morgan fingerprint density at radius 1 is 0.583 bits per heavy atom. The molecule has 0 saturated heterocycles. The molecular weight excluding hydrogens is 460 g/mol. The van der Waals surface area contributed by atoms with E-state index in [0.717, 1.165) is 29.7 Å². The topological polar surface area (TPSA) is 0 Å². The molecule has 0 N–H and O–H groups in total. The predicted octanol–water partition coefficient (Wildman–Crippen LogP) is 8.32. The van der Waals surface area contributed by atoms with Crippen molar-refractivity contribution in [2.24, 2.45) is 0 Å². The first kappa shape index (κ1) is 25.1. The van der Waals surface area contributed by atoms with E-state index in [4.69, 9.17) is 0 Å². The Morgan fingerprint density at radius 2 is 1.25 bits per heavy atom. The molecule has 0 bridgehead atoms. The van der Waals surface area contributed by atoms with Crippen molar-refractivity contribution in [1.82, 2.24) is 0 Å². The van der Waals surface area contributed by atoms with Gasteiger partial charge in [-0.05, 0) is 66.3 Å². The molecule has 0 saturated carbocycles. The summed E-state index contributed by atoms with van der Waals surface area (Å²) >= 11 is 0. The normalized spacial score (nSPS) is 10.5. The van der Waals surface area contributed by atoms with Crippen molar-refractivity contribution in [3.05, 3.63) is 118 Å². The summed E-state index contributed by atoms with van der Waals surface area (Å²) in [6.45, 7) is 2.21. The van der Waals surface area contributed by atoms with Crippen molar-refractivity contribution in [2.75, 3.05) is 0 Å². The Morgan fingerprint density at radius 3 is 1.97 bits per heavy atom. The van der Waals surface area contributed by atoms with Gasteiger partial charge < -0.3 is 0 Å². The molecule has 4 rings (SSSR count). The maximum absolute atomic E-state index is 15.0. The van der Waals surface area contributed by atoms with Crippen molar-refractivity contribution >= 4 is 10.8 Å². The quantitative estimate of drug-likeness (QED) is 0.116. The Kier molecular flexibility index (Phi) is 8.09. The molecule has 0 unspecified atom stereocenters. The van der Waals surface area contributed by atoms with Gasteiger partial charge in [-0.3, -0.25) is 0 Å². The van der Waals surface area contributed by atoms with Crippen molar-refractivity contribution in [2.45, 2.75) is 39.0 Å². The lowest BCUT2D eigenvalue weighted by atomic mass is 10.0. The summed E-state index contributed by atoms with van der Waals surface area (Å²) < 4.78 is 54.9. The molecule has 0 heterocycles. The maximum atomic E-state index is 15.0. The van der Waals surface area contributed by atoms with Crippen LogP contribution in [0.3, 0.4) is 0 Å². The van der Waals surface area contributed by atoms with Crippen LogP contribution in [0.2, 0.25) is 0 Å². The number of rotatable bonds is 5. The van der Waals surface area contributed by atoms with E-state index in [0.29, 0.717) is 10.8 Å². The van der Waals surface area contributed by atoms with E-state index in [9.17, 15) is 17.6 Å². The first-order valence-corrected chi connectivity index (χ1v) is 11.9. The average Bonchev–Trinajstić information content (AvgIpc) is 2.88. The van der Waals surface area contributed by atoms with Gasteiger partial charge in [0.2, 0.25) is 0 Å². The van der Waals surface area contributed by atoms with E-state index in [1.807, 2.05) is 12.1 Å². The van der Waals surface area contributed by atoms with Gasteiger partial charge in [-0.2, -0.15) is 0 Å². The molecule has 0 aliphatic carbocycles. The lowest BCUT2D eigenvalue weighted by Gasteiger charge is -2.03. The van der Waals surface area contributed by atoms with Crippen LogP contribution in [0.25, 0.3) is 10.8 Å². The summed E-state index contributed by atoms with van der Waals surface area (Å²) in [4.78, 5) is 0. The molecular formula is C32H24F4. The second-order valence-corrected chi connectivity index (χ2v) is 8.62. The number of benzene rings is 4. The zero-order chi connectivity index (χ0) is 25.5. The number of halogens is 4. The van der Waals surface area contributed by atoms with E-state index >= 15 is 0 Å². The number of hydrogen-bond donors (Lipinski definition) is 0. The van der Waals surface area contributed by atoms with Gasteiger partial charge >= 0.3 is 0 Å². The minimum absolute atomic E-state index is 0.0706. The summed E-state index contributed by atoms with van der Waals surface area (Å²) in [6, 6.07) is 18.2. The average molecular weight is 485 g/mol. The molecule has 0 spiro atoms. The summed E-state index contributed by atoms with van der Waals surface area (Å²) in [6.07, 6.45) is 6.03.